The van der Waals surface area contributed by atoms with E-state index in [-0.39, 0.29) is 12.3 Å². The highest BCUT2D eigenvalue weighted by atomic mass is 16.4. The molecule has 0 aromatic carbocycles. The maximum atomic E-state index is 11.6. The maximum Gasteiger partial charge on any atom is 0.307 e. The molecule has 4 nitrogen and oxygen atoms in total. The Hall–Kier alpha value is -1.06. The van der Waals surface area contributed by atoms with Gasteiger partial charge in [-0.15, -0.1) is 0 Å². The number of hydrogen-bond donors (Lipinski definition) is 2. The lowest BCUT2D eigenvalue weighted by molar-refractivity contribution is -0.150. The van der Waals surface area contributed by atoms with E-state index >= 15 is 0 Å². The van der Waals surface area contributed by atoms with Gasteiger partial charge in [-0.25, -0.2) is 0 Å². The number of unbranched alkanes of at least 4 members (excludes halogenated alkanes) is 10. The molecule has 2 atom stereocenters. The van der Waals surface area contributed by atoms with Crippen LogP contribution in [-0.2, 0) is 9.59 Å². The lowest BCUT2D eigenvalue weighted by Crippen LogP contribution is -2.26. The second-order valence-electron chi connectivity index (χ2n) is 7.42. The molecule has 0 saturated carbocycles. The molecule has 0 saturated heterocycles. The molecule has 2 unspecified atom stereocenters. The molecule has 25 heavy (non-hydrogen) atoms. The first-order valence-electron chi connectivity index (χ1n) is 10.5. The van der Waals surface area contributed by atoms with Crippen LogP contribution in [0.5, 0.6) is 0 Å². The van der Waals surface area contributed by atoms with E-state index in [0.717, 1.165) is 38.5 Å². The van der Waals surface area contributed by atoms with Crippen LogP contribution in [0, 0.1) is 11.8 Å². The number of aliphatic carboxylic acids is 2. The van der Waals surface area contributed by atoms with E-state index in [1.165, 1.54) is 51.4 Å². The van der Waals surface area contributed by atoms with Crippen molar-refractivity contribution < 1.29 is 19.8 Å². The van der Waals surface area contributed by atoms with Crippen LogP contribution in [0.2, 0.25) is 0 Å². The fourth-order valence-electron chi connectivity index (χ4n) is 3.56. The Balaban J connectivity index is 4.34. The van der Waals surface area contributed by atoms with Crippen LogP contribution in [0.15, 0.2) is 0 Å². The van der Waals surface area contributed by atoms with Crippen LogP contribution in [0.4, 0.5) is 0 Å². The fraction of sp³-hybridized carbons (Fsp3) is 0.905. The van der Waals surface area contributed by atoms with E-state index < -0.39 is 17.9 Å². The van der Waals surface area contributed by atoms with E-state index in [9.17, 15) is 14.7 Å². The highest BCUT2D eigenvalue weighted by molar-refractivity contribution is 5.77. The van der Waals surface area contributed by atoms with Gasteiger partial charge in [0.1, 0.15) is 0 Å². The molecule has 0 spiro atoms. The quantitative estimate of drug-likeness (QED) is 0.283. The topological polar surface area (TPSA) is 74.6 Å². The average Bonchev–Trinajstić information content (AvgIpc) is 2.56. The number of carboxylic acid groups (broad SMARTS) is 2. The molecular weight excluding hydrogens is 316 g/mol. The highest BCUT2D eigenvalue weighted by Gasteiger charge is 2.29. The van der Waals surface area contributed by atoms with Crippen molar-refractivity contribution in [1.82, 2.24) is 0 Å². The van der Waals surface area contributed by atoms with Crippen LogP contribution in [-0.4, -0.2) is 22.2 Å². The standard InChI is InChI=1S/C21H40O4/c1-3-5-7-9-10-12-14-16-18(15-13-11-8-6-4-2)19(21(24)25)17-20(22)23/h18-19H,3-17H2,1-2H3,(H,22,23)(H,24,25). The number of rotatable bonds is 18. The van der Waals surface area contributed by atoms with Crippen LogP contribution >= 0.6 is 0 Å². The SMILES string of the molecule is CCCCCCCCCC(CCCCCCC)C(CC(=O)O)C(=O)O. The summed E-state index contributed by atoms with van der Waals surface area (Å²) in [5.41, 5.74) is 0. The first-order valence-corrected chi connectivity index (χ1v) is 10.5. The lowest BCUT2D eigenvalue weighted by Gasteiger charge is -2.23. The Kier molecular flexibility index (Phi) is 15.7. The van der Waals surface area contributed by atoms with Gasteiger partial charge in [0.15, 0.2) is 0 Å². The fourth-order valence-corrected chi connectivity index (χ4v) is 3.56. The molecule has 0 aliphatic heterocycles. The molecule has 0 aromatic heterocycles. The van der Waals surface area contributed by atoms with Gasteiger partial charge in [-0.2, -0.15) is 0 Å². The maximum absolute atomic E-state index is 11.6. The highest BCUT2D eigenvalue weighted by Crippen LogP contribution is 2.28. The van der Waals surface area contributed by atoms with Gasteiger partial charge in [0.25, 0.3) is 0 Å². The van der Waals surface area contributed by atoms with Gasteiger partial charge in [0.05, 0.1) is 12.3 Å². The van der Waals surface area contributed by atoms with Gasteiger partial charge >= 0.3 is 11.9 Å². The molecule has 0 radical (unpaired) electrons. The van der Waals surface area contributed by atoms with Crippen molar-refractivity contribution >= 4 is 11.9 Å². The molecular formula is C21H40O4. The molecule has 0 heterocycles. The van der Waals surface area contributed by atoms with Crippen LogP contribution in [0.25, 0.3) is 0 Å². The Labute approximate surface area is 154 Å². The Bertz CT molecular complexity index is 341. The van der Waals surface area contributed by atoms with Crippen molar-refractivity contribution in [2.24, 2.45) is 11.8 Å². The Morgan fingerprint density at radius 2 is 1.08 bits per heavy atom. The summed E-state index contributed by atoms with van der Waals surface area (Å²) in [7, 11) is 0. The first kappa shape index (κ1) is 23.9. The van der Waals surface area contributed by atoms with E-state index in [0.29, 0.717) is 0 Å². The van der Waals surface area contributed by atoms with Gasteiger partial charge in [-0.05, 0) is 18.8 Å². The monoisotopic (exact) mass is 356 g/mol. The van der Waals surface area contributed by atoms with Gasteiger partial charge in [-0.3, -0.25) is 9.59 Å². The Morgan fingerprint density at radius 3 is 1.44 bits per heavy atom. The molecule has 0 bridgehead atoms. The summed E-state index contributed by atoms with van der Waals surface area (Å²) in [6, 6.07) is 0. The molecule has 0 rings (SSSR count). The minimum absolute atomic E-state index is 0.00543. The summed E-state index contributed by atoms with van der Waals surface area (Å²) in [6.07, 6.45) is 15.7. The minimum Gasteiger partial charge on any atom is -0.481 e. The smallest absolute Gasteiger partial charge is 0.307 e. The van der Waals surface area contributed by atoms with E-state index in [1.54, 1.807) is 0 Å². The number of hydrogen-bond acceptors (Lipinski definition) is 2. The predicted molar refractivity (Wildman–Crippen MR) is 103 cm³/mol. The van der Waals surface area contributed by atoms with Crippen LogP contribution in [0.3, 0.4) is 0 Å². The number of carboxylic acids is 2. The third kappa shape index (κ3) is 13.9. The Morgan fingerprint density at radius 1 is 0.680 bits per heavy atom. The summed E-state index contributed by atoms with van der Waals surface area (Å²) in [4.78, 5) is 22.6. The second-order valence-corrected chi connectivity index (χ2v) is 7.42. The minimum atomic E-state index is -0.997. The molecule has 0 aromatic rings. The van der Waals surface area contributed by atoms with Crippen LogP contribution in [0.1, 0.15) is 110 Å². The van der Waals surface area contributed by atoms with E-state index in [1.807, 2.05) is 0 Å². The molecule has 4 heteroatoms. The zero-order valence-corrected chi connectivity index (χ0v) is 16.5. The molecule has 0 aliphatic carbocycles. The second kappa shape index (κ2) is 16.4. The molecule has 2 N–H and O–H groups in total. The predicted octanol–water partition coefficient (Wildman–Crippen LogP) is 6.28. The molecule has 0 fully saturated rings. The van der Waals surface area contributed by atoms with Crippen molar-refractivity contribution in [2.45, 2.75) is 110 Å². The normalized spacial score (nSPS) is 13.5. The van der Waals surface area contributed by atoms with Crippen molar-refractivity contribution in [3.63, 3.8) is 0 Å². The first-order chi connectivity index (χ1) is 12.0. The molecule has 148 valence electrons. The van der Waals surface area contributed by atoms with Gasteiger partial charge < -0.3 is 10.2 Å². The molecule has 0 amide bonds. The van der Waals surface area contributed by atoms with Gasteiger partial charge in [-0.1, -0.05) is 90.9 Å². The average molecular weight is 357 g/mol. The summed E-state index contributed by atoms with van der Waals surface area (Å²) < 4.78 is 0. The van der Waals surface area contributed by atoms with E-state index in [2.05, 4.69) is 13.8 Å². The largest absolute Gasteiger partial charge is 0.481 e. The zero-order chi connectivity index (χ0) is 18.9. The third-order valence-corrected chi connectivity index (χ3v) is 5.14. The van der Waals surface area contributed by atoms with Crippen molar-refractivity contribution in [3.8, 4) is 0 Å². The number of carbonyl (C=O) groups is 2. The summed E-state index contributed by atoms with van der Waals surface area (Å²) in [5, 5.41) is 18.5. The summed E-state index contributed by atoms with van der Waals surface area (Å²) in [6.45, 7) is 4.39. The van der Waals surface area contributed by atoms with Crippen molar-refractivity contribution in [2.75, 3.05) is 0 Å². The van der Waals surface area contributed by atoms with Crippen molar-refractivity contribution in [3.05, 3.63) is 0 Å². The van der Waals surface area contributed by atoms with Gasteiger partial charge in [0.2, 0.25) is 0 Å². The summed E-state index contributed by atoms with van der Waals surface area (Å²) >= 11 is 0. The lowest BCUT2D eigenvalue weighted by atomic mass is 9.81. The van der Waals surface area contributed by atoms with E-state index in [4.69, 9.17) is 5.11 Å². The zero-order valence-electron chi connectivity index (χ0n) is 16.5. The third-order valence-electron chi connectivity index (χ3n) is 5.14. The summed E-state index contributed by atoms with van der Waals surface area (Å²) in [5.74, 6) is -2.67. The van der Waals surface area contributed by atoms with Crippen molar-refractivity contribution in [1.29, 1.82) is 0 Å². The van der Waals surface area contributed by atoms with Crippen LogP contribution < -0.4 is 0 Å². The molecule has 0 aliphatic rings. The van der Waals surface area contributed by atoms with Gasteiger partial charge in [0, 0.05) is 0 Å².